The topological polar surface area (TPSA) is 115 Å². The van der Waals surface area contributed by atoms with E-state index in [1.54, 1.807) is 13.2 Å². The molecule has 0 aliphatic carbocycles. The van der Waals surface area contributed by atoms with Crippen molar-refractivity contribution in [3.63, 3.8) is 0 Å². The predicted molar refractivity (Wildman–Crippen MR) is 109 cm³/mol. The molecule has 0 saturated carbocycles. The summed E-state index contributed by atoms with van der Waals surface area (Å²) in [6, 6.07) is 1.40. The average molecular weight is 427 g/mol. The summed E-state index contributed by atoms with van der Waals surface area (Å²) >= 11 is 6.21. The van der Waals surface area contributed by atoms with Crippen LogP contribution in [0.15, 0.2) is 6.07 Å². The number of likely N-dealkylation sites (tertiary alicyclic amines) is 1. The zero-order valence-corrected chi connectivity index (χ0v) is 17.4. The molecule has 0 unspecified atom stereocenters. The lowest BCUT2D eigenvalue weighted by molar-refractivity contribution is 0.00125. The van der Waals surface area contributed by atoms with Gasteiger partial charge in [-0.2, -0.15) is 0 Å². The molecule has 9 nitrogen and oxygen atoms in total. The van der Waals surface area contributed by atoms with Crippen LogP contribution < -0.4 is 21.1 Å². The van der Waals surface area contributed by atoms with E-state index in [0.717, 1.165) is 12.1 Å². The number of anilines is 1. The lowest BCUT2D eigenvalue weighted by Crippen LogP contribution is -2.55. The SMILES string of the molecule is CNC(=O)OCCN1CC[C@H](NC(=O)c2cc(Cl)c(N)c3c2OCC3)[C@H](OC)C1. The van der Waals surface area contributed by atoms with Crippen LogP contribution in [-0.4, -0.2) is 76.1 Å². The first-order chi connectivity index (χ1) is 13.9. The largest absolute Gasteiger partial charge is 0.492 e. The zero-order chi connectivity index (χ0) is 21.0. The fraction of sp³-hybridized carbons (Fsp3) is 0.579. The number of carbonyl (C=O) groups is 2. The van der Waals surface area contributed by atoms with E-state index in [-0.39, 0.29) is 18.1 Å². The molecular formula is C19H27ClN4O5. The smallest absolute Gasteiger partial charge is 0.406 e. The van der Waals surface area contributed by atoms with Crippen LogP contribution in [0.4, 0.5) is 10.5 Å². The van der Waals surface area contributed by atoms with Gasteiger partial charge in [0.05, 0.1) is 35.0 Å². The maximum atomic E-state index is 12.9. The first-order valence-corrected chi connectivity index (χ1v) is 9.96. The summed E-state index contributed by atoms with van der Waals surface area (Å²) in [5, 5.41) is 5.82. The fourth-order valence-electron chi connectivity index (χ4n) is 3.71. The summed E-state index contributed by atoms with van der Waals surface area (Å²) in [6.07, 6.45) is 0.702. The van der Waals surface area contributed by atoms with Crippen molar-refractivity contribution in [2.75, 3.05) is 52.7 Å². The maximum Gasteiger partial charge on any atom is 0.406 e. The fourth-order valence-corrected chi connectivity index (χ4v) is 3.93. The van der Waals surface area contributed by atoms with E-state index in [1.807, 2.05) is 0 Å². The van der Waals surface area contributed by atoms with Crippen molar-refractivity contribution in [1.29, 1.82) is 0 Å². The van der Waals surface area contributed by atoms with Crippen molar-refractivity contribution >= 4 is 29.3 Å². The van der Waals surface area contributed by atoms with Crippen molar-refractivity contribution in [2.45, 2.75) is 25.0 Å². The third-order valence-corrected chi connectivity index (χ3v) is 5.64. The Morgan fingerprint density at radius 3 is 2.97 bits per heavy atom. The number of hydrogen-bond acceptors (Lipinski definition) is 7. The number of carbonyl (C=O) groups excluding carboxylic acids is 2. The second-order valence-electron chi connectivity index (χ2n) is 7.06. The number of methoxy groups -OCH3 is 1. The molecule has 10 heteroatoms. The number of halogens is 1. The highest BCUT2D eigenvalue weighted by Gasteiger charge is 2.32. The summed E-state index contributed by atoms with van der Waals surface area (Å²) in [6.45, 7) is 2.75. The number of nitrogen functional groups attached to an aromatic ring is 1. The number of benzene rings is 1. The molecule has 2 atom stereocenters. The molecule has 1 aromatic rings. The number of nitrogens with zero attached hydrogens (tertiary/aromatic N) is 1. The van der Waals surface area contributed by atoms with Crippen molar-refractivity contribution in [3.8, 4) is 5.75 Å². The molecule has 2 aliphatic rings. The minimum Gasteiger partial charge on any atom is -0.492 e. The molecule has 1 fully saturated rings. The van der Waals surface area contributed by atoms with E-state index in [9.17, 15) is 9.59 Å². The highest BCUT2D eigenvalue weighted by atomic mass is 35.5. The third-order valence-electron chi connectivity index (χ3n) is 5.32. The highest BCUT2D eigenvalue weighted by molar-refractivity contribution is 6.33. The normalized spacial score (nSPS) is 21.2. The van der Waals surface area contributed by atoms with E-state index in [2.05, 4.69) is 15.5 Å². The van der Waals surface area contributed by atoms with Gasteiger partial charge in [-0.05, 0) is 12.5 Å². The Labute approximate surface area is 174 Å². The van der Waals surface area contributed by atoms with Crippen molar-refractivity contribution in [2.24, 2.45) is 0 Å². The number of fused-ring (bicyclic) bond motifs is 1. The molecule has 29 heavy (non-hydrogen) atoms. The summed E-state index contributed by atoms with van der Waals surface area (Å²) < 4.78 is 16.3. The van der Waals surface area contributed by atoms with Crippen LogP contribution in [0.1, 0.15) is 22.3 Å². The summed E-state index contributed by atoms with van der Waals surface area (Å²) in [4.78, 5) is 26.2. The maximum absolute atomic E-state index is 12.9. The summed E-state index contributed by atoms with van der Waals surface area (Å²) in [5.41, 5.74) is 7.66. The van der Waals surface area contributed by atoms with Crippen LogP contribution in [0.5, 0.6) is 5.75 Å². The van der Waals surface area contributed by atoms with E-state index >= 15 is 0 Å². The Morgan fingerprint density at radius 1 is 1.45 bits per heavy atom. The van der Waals surface area contributed by atoms with E-state index < -0.39 is 6.09 Å². The van der Waals surface area contributed by atoms with Crippen LogP contribution in [0, 0.1) is 0 Å². The molecular weight excluding hydrogens is 400 g/mol. The van der Waals surface area contributed by atoms with Crippen LogP contribution in [0.2, 0.25) is 5.02 Å². The minimum absolute atomic E-state index is 0.156. The number of piperidine rings is 1. The van der Waals surface area contributed by atoms with E-state index in [0.29, 0.717) is 61.2 Å². The van der Waals surface area contributed by atoms with Gasteiger partial charge in [-0.25, -0.2) is 4.79 Å². The summed E-state index contributed by atoms with van der Waals surface area (Å²) in [7, 11) is 3.14. The van der Waals surface area contributed by atoms with Gasteiger partial charge in [0.1, 0.15) is 12.4 Å². The molecule has 0 aromatic heterocycles. The van der Waals surface area contributed by atoms with Gasteiger partial charge in [0.2, 0.25) is 0 Å². The van der Waals surface area contributed by atoms with Crippen molar-refractivity contribution in [3.05, 3.63) is 22.2 Å². The Bertz CT molecular complexity index is 775. The van der Waals surface area contributed by atoms with Gasteiger partial charge in [-0.3, -0.25) is 9.69 Å². The van der Waals surface area contributed by atoms with Gasteiger partial charge in [0, 0.05) is 45.8 Å². The number of rotatable bonds is 6. The highest BCUT2D eigenvalue weighted by Crippen LogP contribution is 2.38. The van der Waals surface area contributed by atoms with E-state index in [4.69, 9.17) is 31.5 Å². The minimum atomic E-state index is -0.452. The lowest BCUT2D eigenvalue weighted by Gasteiger charge is -2.38. The molecule has 160 valence electrons. The molecule has 2 amide bonds. The quantitative estimate of drug-likeness (QED) is 0.582. The van der Waals surface area contributed by atoms with Crippen LogP contribution in [0.3, 0.4) is 0 Å². The molecule has 0 spiro atoms. The first kappa shape index (κ1) is 21.5. The molecule has 1 saturated heterocycles. The molecule has 0 bridgehead atoms. The number of ether oxygens (including phenoxy) is 3. The molecule has 3 rings (SSSR count). The molecule has 2 aliphatic heterocycles. The number of alkyl carbamates (subject to hydrolysis) is 1. The number of nitrogens with one attached hydrogen (secondary N) is 2. The monoisotopic (exact) mass is 426 g/mol. The van der Waals surface area contributed by atoms with Gasteiger partial charge < -0.3 is 30.6 Å². The molecule has 4 N–H and O–H groups in total. The molecule has 0 radical (unpaired) electrons. The summed E-state index contributed by atoms with van der Waals surface area (Å²) in [5.74, 6) is 0.260. The second-order valence-corrected chi connectivity index (χ2v) is 7.46. The van der Waals surface area contributed by atoms with Gasteiger partial charge in [0.15, 0.2) is 0 Å². The zero-order valence-electron chi connectivity index (χ0n) is 16.6. The van der Waals surface area contributed by atoms with Crippen molar-refractivity contribution < 1.29 is 23.8 Å². The van der Waals surface area contributed by atoms with Gasteiger partial charge in [0.25, 0.3) is 5.91 Å². The Kier molecular flexibility index (Phi) is 7.05. The number of amides is 2. The lowest BCUT2D eigenvalue weighted by atomic mass is 10.00. The Balaban J connectivity index is 1.61. The predicted octanol–water partition coefficient (Wildman–Crippen LogP) is 1.03. The Hall–Kier alpha value is -2.23. The molecule has 2 heterocycles. The van der Waals surface area contributed by atoms with Gasteiger partial charge in [-0.15, -0.1) is 0 Å². The standard InChI is InChI=1S/C19H27ClN4O5/c1-22-19(26)29-8-6-24-5-3-14(15(10-24)27-2)23-18(25)12-9-13(20)16(21)11-4-7-28-17(11)12/h9,14-15H,3-8,10,21H2,1-2H3,(H,22,26)(H,23,25)/t14-,15+/m0/s1. The number of hydrogen-bond donors (Lipinski definition) is 3. The van der Waals surface area contributed by atoms with Crippen LogP contribution in [-0.2, 0) is 15.9 Å². The Morgan fingerprint density at radius 2 is 2.24 bits per heavy atom. The third kappa shape index (κ3) is 4.85. The molecule has 1 aromatic carbocycles. The van der Waals surface area contributed by atoms with Gasteiger partial charge >= 0.3 is 6.09 Å². The van der Waals surface area contributed by atoms with Crippen LogP contribution >= 0.6 is 11.6 Å². The first-order valence-electron chi connectivity index (χ1n) is 9.58. The van der Waals surface area contributed by atoms with Crippen LogP contribution in [0.25, 0.3) is 0 Å². The van der Waals surface area contributed by atoms with Gasteiger partial charge in [-0.1, -0.05) is 11.6 Å². The number of nitrogens with two attached hydrogens (primary N) is 1. The van der Waals surface area contributed by atoms with E-state index in [1.165, 1.54) is 7.05 Å². The average Bonchev–Trinajstić information content (AvgIpc) is 3.21. The van der Waals surface area contributed by atoms with Crippen molar-refractivity contribution in [1.82, 2.24) is 15.5 Å². The second kappa shape index (κ2) is 9.51.